The highest BCUT2D eigenvalue weighted by atomic mass is 16.5. The van der Waals surface area contributed by atoms with Crippen molar-refractivity contribution in [2.75, 3.05) is 37.6 Å². The molecule has 1 fully saturated rings. The molecule has 4 rings (SSSR count). The van der Waals surface area contributed by atoms with Gasteiger partial charge in [-0.1, -0.05) is 12.1 Å². The van der Waals surface area contributed by atoms with Crippen LogP contribution in [0.1, 0.15) is 34.5 Å². The van der Waals surface area contributed by atoms with E-state index in [4.69, 9.17) is 9.47 Å². The molecule has 1 aliphatic rings. The quantitative estimate of drug-likeness (QED) is 0.220. The molecule has 1 N–H and O–H groups in total. The highest BCUT2D eigenvalue weighted by Gasteiger charge is 2.47. The summed E-state index contributed by atoms with van der Waals surface area (Å²) in [5.41, 5.74) is 2.66. The van der Waals surface area contributed by atoms with E-state index in [1.54, 1.807) is 36.4 Å². The summed E-state index contributed by atoms with van der Waals surface area (Å²) in [6, 6.07) is 19.4. The first-order valence-corrected chi connectivity index (χ1v) is 11.8. The maximum atomic E-state index is 13.3. The fraction of sp³-hybridized carbons (Fsp3) is 0.207. The standard InChI is InChI=1S/C29H28N2O6/c1-5-37-23-16-10-19(11-17-23)26(32)24-25(18-6-12-21(13-7-18)30(2)3)31(28(34)27(24)33)22-14-8-20(9-15-22)29(35)36-4/h6-17,25,32H,5H2,1-4H3/b26-24+. The lowest BCUT2D eigenvalue weighted by Gasteiger charge is -2.26. The Hall–Kier alpha value is -4.59. The maximum Gasteiger partial charge on any atom is 0.337 e. The van der Waals surface area contributed by atoms with E-state index >= 15 is 0 Å². The van der Waals surface area contributed by atoms with Crippen LogP contribution in [0.5, 0.6) is 5.75 Å². The number of aliphatic hydroxyl groups is 1. The van der Waals surface area contributed by atoms with Crippen LogP contribution in [-0.2, 0) is 14.3 Å². The van der Waals surface area contributed by atoms with Crippen LogP contribution < -0.4 is 14.5 Å². The SMILES string of the molecule is CCOc1ccc(/C(O)=C2\C(=O)C(=O)N(c3ccc(C(=O)OC)cc3)C2c2ccc(N(C)C)cc2)cc1. The van der Waals surface area contributed by atoms with Crippen LogP contribution in [0.25, 0.3) is 5.76 Å². The molecule has 0 radical (unpaired) electrons. The van der Waals surface area contributed by atoms with Gasteiger partial charge in [-0.2, -0.15) is 0 Å². The van der Waals surface area contributed by atoms with Gasteiger partial charge in [-0.15, -0.1) is 0 Å². The molecule has 37 heavy (non-hydrogen) atoms. The molecular formula is C29H28N2O6. The van der Waals surface area contributed by atoms with Crippen LogP contribution in [0.2, 0.25) is 0 Å². The van der Waals surface area contributed by atoms with Crippen molar-refractivity contribution in [2.24, 2.45) is 0 Å². The van der Waals surface area contributed by atoms with Crippen molar-refractivity contribution in [3.63, 3.8) is 0 Å². The number of aliphatic hydroxyl groups excluding tert-OH is 1. The van der Waals surface area contributed by atoms with Crippen LogP contribution in [0.15, 0.2) is 78.4 Å². The number of amides is 1. The molecule has 0 aromatic heterocycles. The van der Waals surface area contributed by atoms with Gasteiger partial charge in [-0.25, -0.2) is 4.79 Å². The van der Waals surface area contributed by atoms with E-state index in [0.29, 0.717) is 34.7 Å². The van der Waals surface area contributed by atoms with Crippen molar-refractivity contribution in [3.05, 3.63) is 95.1 Å². The molecule has 1 aliphatic heterocycles. The molecule has 0 saturated carbocycles. The molecule has 1 saturated heterocycles. The Kier molecular flexibility index (Phi) is 7.29. The summed E-state index contributed by atoms with van der Waals surface area (Å²) in [6.07, 6.45) is 0. The third kappa shape index (κ3) is 4.91. The van der Waals surface area contributed by atoms with Crippen molar-refractivity contribution in [3.8, 4) is 5.75 Å². The zero-order chi connectivity index (χ0) is 26.7. The second kappa shape index (κ2) is 10.6. The minimum Gasteiger partial charge on any atom is -0.507 e. The van der Waals surface area contributed by atoms with Gasteiger partial charge < -0.3 is 19.5 Å². The first kappa shape index (κ1) is 25.5. The summed E-state index contributed by atoms with van der Waals surface area (Å²) in [7, 11) is 5.11. The Labute approximate surface area is 215 Å². The van der Waals surface area contributed by atoms with E-state index in [2.05, 4.69) is 0 Å². The third-order valence-corrected chi connectivity index (χ3v) is 6.17. The van der Waals surface area contributed by atoms with Crippen molar-refractivity contribution < 1.29 is 29.0 Å². The summed E-state index contributed by atoms with van der Waals surface area (Å²) in [5.74, 6) is -1.75. The summed E-state index contributed by atoms with van der Waals surface area (Å²) in [5, 5.41) is 11.3. The summed E-state index contributed by atoms with van der Waals surface area (Å²) < 4.78 is 10.2. The minimum absolute atomic E-state index is 0.0243. The topological polar surface area (TPSA) is 96.4 Å². The van der Waals surface area contributed by atoms with Gasteiger partial charge in [-0.05, 0) is 73.2 Å². The van der Waals surface area contributed by atoms with Crippen molar-refractivity contribution in [1.29, 1.82) is 0 Å². The molecule has 1 amide bonds. The lowest BCUT2D eigenvalue weighted by molar-refractivity contribution is -0.132. The number of anilines is 2. The Morgan fingerprint density at radius 3 is 2.05 bits per heavy atom. The number of ketones is 1. The van der Waals surface area contributed by atoms with E-state index in [9.17, 15) is 19.5 Å². The number of carbonyl (C=O) groups is 3. The minimum atomic E-state index is -0.883. The summed E-state index contributed by atoms with van der Waals surface area (Å²) >= 11 is 0. The van der Waals surface area contributed by atoms with Crippen LogP contribution in [0.3, 0.4) is 0 Å². The van der Waals surface area contributed by atoms with Gasteiger partial charge in [0, 0.05) is 31.0 Å². The molecule has 8 nitrogen and oxygen atoms in total. The zero-order valence-corrected chi connectivity index (χ0v) is 21.1. The fourth-order valence-electron chi connectivity index (χ4n) is 4.28. The first-order valence-electron chi connectivity index (χ1n) is 11.8. The van der Waals surface area contributed by atoms with Crippen molar-refractivity contribution in [2.45, 2.75) is 13.0 Å². The first-order chi connectivity index (χ1) is 17.8. The van der Waals surface area contributed by atoms with E-state index in [1.807, 2.05) is 50.2 Å². The third-order valence-electron chi connectivity index (χ3n) is 6.17. The van der Waals surface area contributed by atoms with Gasteiger partial charge in [0.2, 0.25) is 0 Å². The predicted molar refractivity (Wildman–Crippen MR) is 141 cm³/mol. The molecule has 8 heteroatoms. The molecule has 190 valence electrons. The maximum absolute atomic E-state index is 13.3. The Balaban J connectivity index is 1.85. The van der Waals surface area contributed by atoms with Gasteiger partial charge in [0.15, 0.2) is 0 Å². The van der Waals surface area contributed by atoms with Crippen LogP contribution in [0, 0.1) is 0 Å². The lowest BCUT2D eigenvalue weighted by atomic mass is 9.95. The molecule has 0 aliphatic carbocycles. The second-order valence-corrected chi connectivity index (χ2v) is 8.65. The van der Waals surface area contributed by atoms with Gasteiger partial charge in [0.1, 0.15) is 11.5 Å². The number of Topliss-reactive ketones (excluding diaryl/α,β-unsaturated/α-hetero) is 1. The van der Waals surface area contributed by atoms with Crippen molar-refractivity contribution in [1.82, 2.24) is 0 Å². The highest BCUT2D eigenvalue weighted by molar-refractivity contribution is 6.51. The van der Waals surface area contributed by atoms with Crippen LogP contribution in [-0.4, -0.2) is 50.6 Å². The average Bonchev–Trinajstić information content (AvgIpc) is 3.18. The Morgan fingerprint density at radius 2 is 1.51 bits per heavy atom. The molecule has 0 bridgehead atoms. The monoisotopic (exact) mass is 500 g/mol. The number of rotatable bonds is 7. The normalized spacial score (nSPS) is 16.5. The Bertz CT molecular complexity index is 1340. The largest absolute Gasteiger partial charge is 0.507 e. The highest BCUT2D eigenvalue weighted by Crippen LogP contribution is 2.42. The van der Waals surface area contributed by atoms with E-state index in [1.165, 1.54) is 24.1 Å². The van der Waals surface area contributed by atoms with Crippen LogP contribution in [0.4, 0.5) is 11.4 Å². The molecule has 0 spiro atoms. The number of nitrogens with zero attached hydrogens (tertiary/aromatic N) is 2. The van der Waals surface area contributed by atoms with E-state index in [0.717, 1.165) is 5.69 Å². The number of hydrogen-bond acceptors (Lipinski definition) is 7. The van der Waals surface area contributed by atoms with Crippen molar-refractivity contribution >= 4 is 34.8 Å². The van der Waals surface area contributed by atoms with E-state index < -0.39 is 23.7 Å². The zero-order valence-electron chi connectivity index (χ0n) is 21.1. The molecule has 1 heterocycles. The fourth-order valence-corrected chi connectivity index (χ4v) is 4.28. The molecule has 3 aromatic rings. The second-order valence-electron chi connectivity index (χ2n) is 8.65. The molecule has 1 atom stereocenters. The average molecular weight is 501 g/mol. The summed E-state index contributed by atoms with van der Waals surface area (Å²) in [6.45, 7) is 2.36. The van der Waals surface area contributed by atoms with Crippen LogP contribution >= 0.6 is 0 Å². The number of ether oxygens (including phenoxy) is 2. The lowest BCUT2D eigenvalue weighted by Crippen LogP contribution is -2.29. The summed E-state index contributed by atoms with van der Waals surface area (Å²) in [4.78, 5) is 41.8. The number of methoxy groups -OCH3 is 1. The smallest absolute Gasteiger partial charge is 0.337 e. The molecule has 3 aromatic carbocycles. The number of carbonyl (C=O) groups excluding carboxylic acids is 3. The van der Waals surface area contributed by atoms with Gasteiger partial charge in [-0.3, -0.25) is 14.5 Å². The number of benzene rings is 3. The van der Waals surface area contributed by atoms with Gasteiger partial charge in [0.05, 0.1) is 30.9 Å². The predicted octanol–water partition coefficient (Wildman–Crippen LogP) is 4.56. The van der Waals surface area contributed by atoms with E-state index in [-0.39, 0.29) is 11.3 Å². The number of hydrogen-bond donors (Lipinski definition) is 1. The Morgan fingerprint density at radius 1 is 0.919 bits per heavy atom. The molecule has 1 unspecified atom stereocenters. The van der Waals surface area contributed by atoms with Gasteiger partial charge >= 0.3 is 5.97 Å². The molecular weight excluding hydrogens is 472 g/mol. The number of esters is 1. The van der Waals surface area contributed by atoms with Gasteiger partial charge in [0.25, 0.3) is 11.7 Å².